The maximum atomic E-state index is 11.4. The Hall–Kier alpha value is -1.61. The molecule has 0 amide bonds. The summed E-state index contributed by atoms with van der Waals surface area (Å²) in [5.41, 5.74) is 4.27. The molecule has 1 aromatic rings. The number of carbonyl (C=O) groups excluding carboxylic acids is 1. The van der Waals surface area contributed by atoms with Crippen LogP contribution in [0.5, 0.6) is 0 Å². The molecule has 1 aliphatic heterocycles. The van der Waals surface area contributed by atoms with Gasteiger partial charge in [0.2, 0.25) is 0 Å². The van der Waals surface area contributed by atoms with E-state index < -0.39 is 0 Å². The Bertz CT molecular complexity index is 680. The van der Waals surface area contributed by atoms with Gasteiger partial charge in [0.15, 0.2) is 5.78 Å². The fraction of sp³-hybridized carbons (Fsp3) is 0.591. The topological polar surface area (TPSA) is 23.6 Å². The van der Waals surface area contributed by atoms with Gasteiger partial charge in [0.25, 0.3) is 0 Å². The van der Waals surface area contributed by atoms with E-state index in [-0.39, 0.29) is 5.78 Å². The number of anilines is 1. The number of hydrogen-bond acceptors (Lipinski definition) is 3. The highest BCUT2D eigenvalue weighted by Gasteiger charge is 2.51. The van der Waals surface area contributed by atoms with Crippen molar-refractivity contribution in [3.63, 3.8) is 0 Å². The molecule has 3 heteroatoms. The Kier molecular flexibility index (Phi) is 4.23. The molecule has 1 heterocycles. The van der Waals surface area contributed by atoms with E-state index in [1.807, 2.05) is 12.1 Å². The monoisotopic (exact) mass is 338 g/mol. The molecular formula is C22H30N2O. The second-order valence-corrected chi connectivity index (χ2v) is 8.69. The number of fused-ring (bicyclic) bond motifs is 1. The molecule has 2 fully saturated rings. The number of benzene rings is 1. The Balaban J connectivity index is 1.33. The number of piperazine rings is 1. The smallest absolute Gasteiger partial charge is 0.159 e. The zero-order valence-corrected chi connectivity index (χ0v) is 15.8. The lowest BCUT2D eigenvalue weighted by Crippen LogP contribution is -2.52. The van der Waals surface area contributed by atoms with Crippen molar-refractivity contribution < 1.29 is 4.79 Å². The molecule has 0 aromatic heterocycles. The van der Waals surface area contributed by atoms with Crippen molar-refractivity contribution in [1.82, 2.24) is 4.90 Å². The minimum atomic E-state index is 0.137. The van der Waals surface area contributed by atoms with Crippen LogP contribution < -0.4 is 4.90 Å². The summed E-state index contributed by atoms with van der Waals surface area (Å²) in [6.07, 6.45) is 5.25. The molecule has 25 heavy (non-hydrogen) atoms. The zero-order valence-electron chi connectivity index (χ0n) is 15.8. The number of ketones is 1. The van der Waals surface area contributed by atoms with Crippen molar-refractivity contribution in [3.8, 4) is 0 Å². The van der Waals surface area contributed by atoms with E-state index in [1.54, 1.807) is 12.5 Å². The van der Waals surface area contributed by atoms with Crippen LogP contribution in [0.4, 0.5) is 5.69 Å². The van der Waals surface area contributed by atoms with Gasteiger partial charge in [0.05, 0.1) is 0 Å². The average Bonchev–Trinajstić information content (AvgIpc) is 2.62. The van der Waals surface area contributed by atoms with Gasteiger partial charge in [0, 0.05) is 44.0 Å². The molecule has 2 bridgehead atoms. The Morgan fingerprint density at radius 3 is 2.36 bits per heavy atom. The van der Waals surface area contributed by atoms with Crippen LogP contribution in [0.15, 0.2) is 35.9 Å². The molecule has 0 radical (unpaired) electrons. The molecule has 1 saturated carbocycles. The predicted octanol–water partition coefficient (Wildman–Crippen LogP) is 4.00. The first-order valence-corrected chi connectivity index (χ1v) is 9.72. The molecule has 0 unspecified atom stereocenters. The maximum absolute atomic E-state index is 11.4. The maximum Gasteiger partial charge on any atom is 0.159 e. The lowest BCUT2D eigenvalue weighted by atomic mass is 9.49. The van der Waals surface area contributed by atoms with Crippen molar-refractivity contribution in [2.24, 2.45) is 17.3 Å². The summed E-state index contributed by atoms with van der Waals surface area (Å²) in [6, 6.07) is 8.08. The lowest BCUT2D eigenvalue weighted by molar-refractivity contribution is -0.0107. The van der Waals surface area contributed by atoms with Crippen LogP contribution in [0.25, 0.3) is 0 Å². The van der Waals surface area contributed by atoms with E-state index >= 15 is 0 Å². The van der Waals surface area contributed by atoms with Crippen molar-refractivity contribution in [2.75, 3.05) is 37.6 Å². The highest BCUT2D eigenvalue weighted by atomic mass is 16.1. The van der Waals surface area contributed by atoms with E-state index in [4.69, 9.17) is 0 Å². The highest BCUT2D eigenvalue weighted by molar-refractivity contribution is 5.94. The minimum Gasteiger partial charge on any atom is -0.369 e. The van der Waals surface area contributed by atoms with Crippen LogP contribution in [0, 0.1) is 17.3 Å². The Morgan fingerprint density at radius 1 is 1.12 bits per heavy atom. The number of nitrogens with zero attached hydrogens (tertiary/aromatic N) is 2. The van der Waals surface area contributed by atoms with Crippen LogP contribution in [0.1, 0.15) is 44.0 Å². The molecule has 3 nitrogen and oxygen atoms in total. The van der Waals surface area contributed by atoms with Crippen LogP contribution in [-0.2, 0) is 0 Å². The molecule has 0 N–H and O–H groups in total. The molecule has 1 aromatic carbocycles. The second kappa shape index (κ2) is 6.28. The SMILES string of the molecule is CC(=O)c1ccc(N2CCN(CC3=CC[C@@H]4C[C@@H]3C4(C)C)CC2)cc1. The third-order valence-electron chi connectivity index (χ3n) is 7.00. The highest BCUT2D eigenvalue weighted by Crippen LogP contribution is 2.59. The molecule has 3 aliphatic carbocycles. The van der Waals surface area contributed by atoms with E-state index in [9.17, 15) is 4.79 Å². The normalized spacial score (nSPS) is 28.3. The van der Waals surface area contributed by atoms with Crippen molar-refractivity contribution in [3.05, 3.63) is 41.5 Å². The first-order valence-electron chi connectivity index (χ1n) is 9.72. The summed E-state index contributed by atoms with van der Waals surface area (Å²) in [4.78, 5) is 16.5. The van der Waals surface area contributed by atoms with Gasteiger partial charge in [0.1, 0.15) is 0 Å². The molecule has 2 atom stereocenters. The fourth-order valence-corrected chi connectivity index (χ4v) is 4.99. The molecule has 4 aliphatic rings. The number of carbonyl (C=O) groups is 1. The number of Topliss-reactive ketones (excluding diaryl/α,β-unsaturated/α-hetero) is 1. The third-order valence-corrected chi connectivity index (χ3v) is 7.00. The Labute approximate surface area is 151 Å². The fourth-order valence-electron chi connectivity index (χ4n) is 4.99. The summed E-state index contributed by atoms with van der Waals surface area (Å²) in [5.74, 6) is 1.89. The largest absolute Gasteiger partial charge is 0.369 e. The van der Waals surface area contributed by atoms with Crippen LogP contribution in [-0.4, -0.2) is 43.4 Å². The first-order chi connectivity index (χ1) is 11.9. The van der Waals surface area contributed by atoms with Gasteiger partial charge >= 0.3 is 0 Å². The standard InChI is InChI=1S/C22H30N2O/c1-16(25)17-5-8-20(9-6-17)24-12-10-23(11-13-24)15-18-4-7-19-14-21(18)22(19,2)3/h4-6,8-9,19,21H,7,10-15H2,1-3H3/t19-,21+/m1/s1. The molecular weight excluding hydrogens is 308 g/mol. The van der Waals surface area contributed by atoms with Gasteiger partial charge in [-0.25, -0.2) is 0 Å². The van der Waals surface area contributed by atoms with Gasteiger partial charge in [-0.1, -0.05) is 25.5 Å². The number of allylic oxidation sites excluding steroid dienone is 1. The number of hydrogen-bond donors (Lipinski definition) is 0. The quantitative estimate of drug-likeness (QED) is 0.612. The summed E-state index contributed by atoms with van der Waals surface area (Å²) < 4.78 is 0. The van der Waals surface area contributed by atoms with Gasteiger partial charge in [-0.05, 0) is 61.3 Å². The second-order valence-electron chi connectivity index (χ2n) is 8.69. The molecule has 1 saturated heterocycles. The summed E-state index contributed by atoms with van der Waals surface area (Å²) >= 11 is 0. The van der Waals surface area contributed by atoms with Gasteiger partial charge < -0.3 is 4.90 Å². The van der Waals surface area contributed by atoms with Crippen molar-refractivity contribution in [2.45, 2.75) is 33.6 Å². The van der Waals surface area contributed by atoms with Crippen molar-refractivity contribution in [1.29, 1.82) is 0 Å². The first kappa shape index (κ1) is 16.8. The molecule has 0 spiro atoms. The van der Waals surface area contributed by atoms with E-state index in [0.29, 0.717) is 5.41 Å². The predicted molar refractivity (Wildman–Crippen MR) is 103 cm³/mol. The summed E-state index contributed by atoms with van der Waals surface area (Å²) in [7, 11) is 0. The zero-order chi connectivity index (χ0) is 17.6. The van der Waals surface area contributed by atoms with Crippen LogP contribution in [0.2, 0.25) is 0 Å². The third kappa shape index (κ3) is 3.03. The van der Waals surface area contributed by atoms with Gasteiger partial charge in [-0.3, -0.25) is 9.69 Å². The Morgan fingerprint density at radius 2 is 1.80 bits per heavy atom. The minimum absolute atomic E-state index is 0.137. The molecule has 5 rings (SSSR count). The van der Waals surface area contributed by atoms with E-state index in [2.05, 4.69) is 41.9 Å². The molecule has 134 valence electrons. The average molecular weight is 338 g/mol. The van der Waals surface area contributed by atoms with Crippen LogP contribution in [0.3, 0.4) is 0 Å². The van der Waals surface area contributed by atoms with Gasteiger partial charge in [-0.15, -0.1) is 0 Å². The number of rotatable bonds is 4. The summed E-state index contributed by atoms with van der Waals surface area (Å²) in [6.45, 7) is 12.1. The lowest BCUT2D eigenvalue weighted by Gasteiger charge is -2.57. The van der Waals surface area contributed by atoms with E-state index in [1.165, 1.54) is 18.5 Å². The van der Waals surface area contributed by atoms with Crippen molar-refractivity contribution >= 4 is 11.5 Å². The van der Waals surface area contributed by atoms with Gasteiger partial charge in [-0.2, -0.15) is 0 Å². The summed E-state index contributed by atoms with van der Waals surface area (Å²) in [5, 5.41) is 0. The van der Waals surface area contributed by atoms with Crippen LogP contribution >= 0.6 is 0 Å². The van der Waals surface area contributed by atoms with E-state index in [0.717, 1.165) is 50.1 Å².